The first-order valence-electron chi connectivity index (χ1n) is 9.14. The van der Waals surface area contributed by atoms with E-state index in [2.05, 4.69) is 5.32 Å². The lowest BCUT2D eigenvalue weighted by atomic mass is 9.88. The monoisotopic (exact) mass is 425 g/mol. The van der Waals surface area contributed by atoms with Crippen LogP contribution in [0.2, 0.25) is 0 Å². The summed E-state index contributed by atoms with van der Waals surface area (Å²) in [5.74, 6) is -1.37. The molecule has 0 saturated carbocycles. The average molecular weight is 425 g/mol. The third-order valence-electron chi connectivity index (χ3n) is 5.07. The number of benzene rings is 2. The number of thiophene rings is 1. The summed E-state index contributed by atoms with van der Waals surface area (Å²) in [7, 11) is 2.86. The maximum Gasteiger partial charge on any atom is 0.346 e. The number of phenols is 1. The molecule has 1 aliphatic rings. The predicted molar refractivity (Wildman–Crippen MR) is 113 cm³/mol. The minimum Gasteiger partial charge on any atom is -0.502 e. The van der Waals surface area contributed by atoms with Crippen molar-refractivity contribution in [2.24, 2.45) is 0 Å². The number of amides is 1. The number of nitrogens with one attached hydrogen (secondary N) is 1. The van der Waals surface area contributed by atoms with Crippen LogP contribution in [0.4, 0.5) is 5.69 Å². The first kappa shape index (κ1) is 19.8. The highest BCUT2D eigenvalue weighted by Gasteiger charge is 2.35. The number of fused-ring (bicyclic) bond motifs is 1. The highest BCUT2D eigenvalue weighted by atomic mass is 32.1. The summed E-state index contributed by atoms with van der Waals surface area (Å²) in [6.45, 7) is 0. The number of hydrogen-bond acceptors (Lipinski definition) is 6. The van der Waals surface area contributed by atoms with Gasteiger partial charge in [0.25, 0.3) is 0 Å². The van der Waals surface area contributed by atoms with Crippen LogP contribution in [0, 0.1) is 0 Å². The number of ether oxygens (including phenoxy) is 2. The summed E-state index contributed by atoms with van der Waals surface area (Å²) >= 11 is 1.14. The van der Waals surface area contributed by atoms with Gasteiger partial charge in [-0.3, -0.25) is 4.79 Å². The van der Waals surface area contributed by atoms with E-state index in [-0.39, 0.29) is 34.5 Å². The highest BCUT2D eigenvalue weighted by Crippen LogP contribution is 2.51. The van der Waals surface area contributed by atoms with Gasteiger partial charge in [-0.2, -0.15) is 0 Å². The van der Waals surface area contributed by atoms with E-state index in [1.807, 2.05) is 30.3 Å². The smallest absolute Gasteiger partial charge is 0.346 e. The molecule has 0 fully saturated rings. The van der Waals surface area contributed by atoms with Gasteiger partial charge in [0.05, 0.1) is 19.9 Å². The Labute approximate surface area is 176 Å². The second-order valence-electron chi connectivity index (χ2n) is 6.80. The third kappa shape index (κ3) is 3.25. The first-order valence-corrected chi connectivity index (χ1v) is 9.96. The molecule has 1 unspecified atom stereocenters. The molecule has 0 spiro atoms. The third-order valence-corrected chi connectivity index (χ3v) is 6.36. The zero-order chi connectivity index (χ0) is 21.4. The Morgan fingerprint density at radius 1 is 1.13 bits per heavy atom. The zero-order valence-electron chi connectivity index (χ0n) is 16.3. The molecule has 1 aliphatic heterocycles. The van der Waals surface area contributed by atoms with Crippen molar-refractivity contribution in [2.45, 2.75) is 12.3 Å². The van der Waals surface area contributed by atoms with Gasteiger partial charge in [0.2, 0.25) is 11.7 Å². The first-order chi connectivity index (χ1) is 14.4. The Hall–Kier alpha value is -3.52. The van der Waals surface area contributed by atoms with Gasteiger partial charge < -0.3 is 25.0 Å². The van der Waals surface area contributed by atoms with Crippen LogP contribution in [-0.2, 0) is 4.79 Å². The molecule has 154 valence electrons. The van der Waals surface area contributed by atoms with Crippen molar-refractivity contribution >= 4 is 28.9 Å². The average Bonchev–Trinajstić information content (AvgIpc) is 3.13. The second kappa shape index (κ2) is 7.72. The fourth-order valence-corrected chi connectivity index (χ4v) is 4.95. The van der Waals surface area contributed by atoms with Gasteiger partial charge >= 0.3 is 5.97 Å². The lowest BCUT2D eigenvalue weighted by Crippen LogP contribution is -2.22. The summed E-state index contributed by atoms with van der Waals surface area (Å²) in [5.41, 5.74) is 2.42. The van der Waals surface area contributed by atoms with Crippen LogP contribution in [0.3, 0.4) is 0 Å². The molecule has 3 N–H and O–H groups in total. The number of carboxylic acids is 1. The molecule has 0 saturated heterocycles. The van der Waals surface area contributed by atoms with Crippen molar-refractivity contribution in [1.82, 2.24) is 0 Å². The normalized spacial score (nSPS) is 15.3. The van der Waals surface area contributed by atoms with Crippen molar-refractivity contribution in [1.29, 1.82) is 0 Å². The van der Waals surface area contributed by atoms with Crippen molar-refractivity contribution in [3.8, 4) is 28.4 Å². The molecule has 7 nitrogen and oxygen atoms in total. The van der Waals surface area contributed by atoms with E-state index < -0.39 is 11.9 Å². The van der Waals surface area contributed by atoms with Crippen LogP contribution in [0.15, 0.2) is 42.5 Å². The number of carbonyl (C=O) groups excluding carboxylic acids is 1. The largest absolute Gasteiger partial charge is 0.502 e. The molecule has 1 aromatic heterocycles. The Balaban J connectivity index is 1.94. The van der Waals surface area contributed by atoms with Gasteiger partial charge in [-0.15, -0.1) is 11.3 Å². The Morgan fingerprint density at radius 3 is 2.33 bits per heavy atom. The molecule has 2 heterocycles. The molecular weight excluding hydrogens is 406 g/mol. The summed E-state index contributed by atoms with van der Waals surface area (Å²) in [5, 5.41) is 22.9. The van der Waals surface area contributed by atoms with Crippen LogP contribution >= 0.6 is 11.3 Å². The number of anilines is 1. The van der Waals surface area contributed by atoms with Gasteiger partial charge in [0.1, 0.15) is 4.88 Å². The summed E-state index contributed by atoms with van der Waals surface area (Å²) < 4.78 is 10.5. The summed E-state index contributed by atoms with van der Waals surface area (Å²) in [6, 6.07) is 12.4. The van der Waals surface area contributed by atoms with E-state index in [0.717, 1.165) is 16.2 Å². The summed E-state index contributed by atoms with van der Waals surface area (Å²) in [4.78, 5) is 25.5. The lowest BCUT2D eigenvalue weighted by molar-refractivity contribution is -0.116. The molecular formula is C22H19NO6S. The number of phenolic OH excluding ortho intramolecular Hbond substituents is 1. The van der Waals surface area contributed by atoms with Crippen LogP contribution in [0.25, 0.3) is 11.1 Å². The van der Waals surface area contributed by atoms with E-state index in [1.165, 1.54) is 14.2 Å². The zero-order valence-corrected chi connectivity index (χ0v) is 17.1. The molecule has 1 atom stereocenters. The van der Waals surface area contributed by atoms with Crippen LogP contribution < -0.4 is 14.8 Å². The van der Waals surface area contributed by atoms with Crippen LogP contribution in [0.1, 0.15) is 32.5 Å². The molecule has 0 radical (unpaired) electrons. The van der Waals surface area contributed by atoms with E-state index in [4.69, 9.17) is 9.47 Å². The molecule has 8 heteroatoms. The van der Waals surface area contributed by atoms with E-state index in [9.17, 15) is 19.8 Å². The summed E-state index contributed by atoms with van der Waals surface area (Å²) in [6.07, 6.45) is 0.137. The number of aromatic carboxylic acids is 1. The van der Waals surface area contributed by atoms with Gasteiger partial charge in [0.15, 0.2) is 11.5 Å². The second-order valence-corrected chi connectivity index (χ2v) is 7.85. The SMILES string of the molecule is COc1cc(C2CC(=O)Nc3c2sc(C(=O)O)c3-c2ccccc2)cc(OC)c1O. The lowest BCUT2D eigenvalue weighted by Gasteiger charge is -2.25. The Kier molecular flexibility index (Phi) is 5.09. The maximum atomic E-state index is 12.6. The van der Waals surface area contributed by atoms with Gasteiger partial charge in [-0.05, 0) is 23.3 Å². The number of hydrogen-bond donors (Lipinski definition) is 3. The van der Waals surface area contributed by atoms with E-state index in [1.54, 1.807) is 12.1 Å². The predicted octanol–water partition coefficient (Wildman–Crippen LogP) is 4.31. The van der Waals surface area contributed by atoms with E-state index >= 15 is 0 Å². The number of methoxy groups -OCH3 is 2. The molecule has 4 rings (SSSR count). The van der Waals surface area contributed by atoms with Gasteiger partial charge in [-0.1, -0.05) is 30.3 Å². The number of carbonyl (C=O) groups is 2. The number of aromatic hydroxyl groups is 1. The quantitative estimate of drug-likeness (QED) is 0.563. The maximum absolute atomic E-state index is 12.6. The fourth-order valence-electron chi connectivity index (χ4n) is 3.70. The molecule has 2 aromatic carbocycles. The standard InChI is InChI=1S/C22H19NO6S/c1-28-14-8-12(9-15(29-2)19(14)25)13-10-16(24)23-18-17(11-6-4-3-5-7-11)21(22(26)27)30-20(13)18/h3-9,13,25H,10H2,1-2H3,(H,23,24)(H,26,27). The van der Waals surface area contributed by atoms with Gasteiger partial charge in [0, 0.05) is 22.8 Å². The Morgan fingerprint density at radius 2 is 1.77 bits per heavy atom. The number of carboxylic acid groups (broad SMARTS) is 1. The van der Waals surface area contributed by atoms with Crippen molar-refractivity contribution < 1.29 is 29.3 Å². The molecule has 0 bridgehead atoms. The van der Waals surface area contributed by atoms with Gasteiger partial charge in [-0.25, -0.2) is 4.79 Å². The van der Waals surface area contributed by atoms with Crippen LogP contribution in [-0.4, -0.2) is 36.3 Å². The van der Waals surface area contributed by atoms with Crippen molar-refractivity contribution in [3.05, 3.63) is 57.8 Å². The molecule has 30 heavy (non-hydrogen) atoms. The highest BCUT2D eigenvalue weighted by molar-refractivity contribution is 7.15. The van der Waals surface area contributed by atoms with Crippen molar-refractivity contribution in [3.63, 3.8) is 0 Å². The molecule has 1 amide bonds. The minimum atomic E-state index is -1.05. The molecule has 0 aliphatic carbocycles. The topological polar surface area (TPSA) is 105 Å². The van der Waals surface area contributed by atoms with Crippen LogP contribution in [0.5, 0.6) is 17.2 Å². The fraction of sp³-hybridized carbons (Fsp3) is 0.182. The minimum absolute atomic E-state index is 0.133. The van der Waals surface area contributed by atoms with Crippen molar-refractivity contribution in [2.75, 3.05) is 19.5 Å². The molecule has 3 aromatic rings. The Bertz CT molecular complexity index is 1110. The number of rotatable bonds is 5. The van der Waals surface area contributed by atoms with E-state index in [0.29, 0.717) is 22.4 Å².